The summed E-state index contributed by atoms with van der Waals surface area (Å²) < 4.78 is 26.2. The number of carbonyl (C=O) groups excluding carboxylic acids is 2. The minimum atomic E-state index is -1.44. The fraction of sp³-hybridized carbons (Fsp3) is 0.0667. The number of anilines is 1. The Morgan fingerprint density at radius 2 is 1.73 bits per heavy atom. The van der Waals surface area contributed by atoms with Gasteiger partial charge in [-0.05, 0) is 42.0 Å². The van der Waals surface area contributed by atoms with E-state index < -0.39 is 35.1 Å². The predicted molar refractivity (Wildman–Crippen MR) is 75.0 cm³/mol. The Labute approximate surface area is 124 Å². The van der Waals surface area contributed by atoms with Crippen LogP contribution < -0.4 is 11.1 Å². The zero-order valence-corrected chi connectivity index (χ0v) is 11.2. The van der Waals surface area contributed by atoms with Crippen molar-refractivity contribution < 1.29 is 23.5 Å². The molecule has 0 aliphatic rings. The minimum Gasteiger partial charge on any atom is -0.505 e. The molecule has 0 radical (unpaired) electrons. The maximum absolute atomic E-state index is 13.4. The van der Waals surface area contributed by atoms with Gasteiger partial charge in [0.2, 0.25) is 11.8 Å². The lowest BCUT2D eigenvalue weighted by molar-refractivity contribution is -0.127. The van der Waals surface area contributed by atoms with Gasteiger partial charge in [-0.15, -0.1) is 0 Å². The first-order valence-corrected chi connectivity index (χ1v) is 6.22. The molecule has 2 rings (SSSR count). The third kappa shape index (κ3) is 3.38. The largest absolute Gasteiger partial charge is 0.505 e. The highest BCUT2D eigenvalue weighted by molar-refractivity contribution is 6.10. The van der Waals surface area contributed by atoms with Gasteiger partial charge >= 0.3 is 0 Å². The number of phenolic OH excluding ortho intramolecular Hbond substituents is 1. The number of amides is 2. The molecule has 0 aliphatic carbocycles. The lowest BCUT2D eigenvalue weighted by Gasteiger charge is -2.14. The molecule has 1 atom stereocenters. The van der Waals surface area contributed by atoms with E-state index in [9.17, 15) is 18.4 Å². The Balaban J connectivity index is 2.27. The summed E-state index contributed by atoms with van der Waals surface area (Å²) in [6.45, 7) is 0. The summed E-state index contributed by atoms with van der Waals surface area (Å²) in [5.74, 6) is -5.27. The van der Waals surface area contributed by atoms with Crippen molar-refractivity contribution in [1.29, 1.82) is 0 Å². The quantitative estimate of drug-likeness (QED) is 0.753. The number of nitrogens with two attached hydrogens (primary N) is 1. The fourth-order valence-corrected chi connectivity index (χ4v) is 1.90. The molecule has 0 saturated heterocycles. The molecule has 1 unspecified atom stereocenters. The van der Waals surface area contributed by atoms with Crippen molar-refractivity contribution in [1.82, 2.24) is 0 Å². The van der Waals surface area contributed by atoms with Gasteiger partial charge in [0.25, 0.3) is 0 Å². The number of nitrogens with one attached hydrogen (secondary N) is 1. The zero-order valence-electron chi connectivity index (χ0n) is 11.2. The Kier molecular flexibility index (Phi) is 4.36. The third-order valence-corrected chi connectivity index (χ3v) is 2.96. The van der Waals surface area contributed by atoms with Gasteiger partial charge in [-0.25, -0.2) is 8.78 Å². The molecule has 7 heteroatoms. The average Bonchev–Trinajstić information content (AvgIpc) is 2.45. The molecular formula is C15H12F2N2O3. The highest BCUT2D eigenvalue weighted by Gasteiger charge is 2.27. The van der Waals surface area contributed by atoms with E-state index in [1.807, 2.05) is 0 Å². The Hall–Kier alpha value is -2.96. The van der Waals surface area contributed by atoms with Crippen LogP contribution in [0.3, 0.4) is 0 Å². The van der Waals surface area contributed by atoms with Gasteiger partial charge in [-0.2, -0.15) is 0 Å². The van der Waals surface area contributed by atoms with Crippen molar-refractivity contribution >= 4 is 17.5 Å². The summed E-state index contributed by atoms with van der Waals surface area (Å²) in [6.07, 6.45) is 0. The predicted octanol–water partition coefficient (Wildman–Crippen LogP) is 1.88. The number of halogens is 2. The number of phenols is 1. The van der Waals surface area contributed by atoms with E-state index >= 15 is 0 Å². The second-order valence-electron chi connectivity index (χ2n) is 4.54. The smallest absolute Gasteiger partial charge is 0.241 e. The molecule has 22 heavy (non-hydrogen) atoms. The van der Waals surface area contributed by atoms with E-state index in [4.69, 9.17) is 10.8 Å². The molecule has 0 spiro atoms. The Morgan fingerprint density at radius 1 is 1.09 bits per heavy atom. The summed E-state index contributed by atoms with van der Waals surface area (Å²) in [5, 5.41) is 11.5. The molecule has 0 saturated carbocycles. The van der Waals surface area contributed by atoms with Crippen molar-refractivity contribution in [3.8, 4) is 5.75 Å². The fourth-order valence-electron chi connectivity index (χ4n) is 1.90. The van der Waals surface area contributed by atoms with Crippen LogP contribution in [0.2, 0.25) is 0 Å². The highest BCUT2D eigenvalue weighted by Crippen LogP contribution is 2.23. The normalized spacial score (nSPS) is 11.7. The second-order valence-corrected chi connectivity index (χ2v) is 4.54. The van der Waals surface area contributed by atoms with Gasteiger partial charge in [0, 0.05) is 5.69 Å². The highest BCUT2D eigenvalue weighted by atomic mass is 19.1. The van der Waals surface area contributed by atoms with Crippen molar-refractivity contribution in [3.63, 3.8) is 0 Å². The molecule has 0 heterocycles. The summed E-state index contributed by atoms with van der Waals surface area (Å²) in [4.78, 5) is 23.6. The van der Waals surface area contributed by atoms with E-state index in [0.29, 0.717) is 0 Å². The number of aromatic hydroxyl groups is 1. The zero-order chi connectivity index (χ0) is 16.3. The molecule has 2 aromatic rings. The van der Waals surface area contributed by atoms with Crippen LogP contribution in [0.4, 0.5) is 14.5 Å². The first-order chi connectivity index (χ1) is 10.4. The van der Waals surface area contributed by atoms with E-state index in [-0.39, 0.29) is 11.3 Å². The molecule has 2 aromatic carbocycles. The standard InChI is InChI=1S/C15H12F2N2O3/c16-9-2-4-10(5-3-9)19-15(22)13(14(18)21)8-1-6-12(20)11(17)7-8/h1-7,13,20H,(H2,18,21)(H,19,22). The van der Waals surface area contributed by atoms with E-state index in [1.165, 1.54) is 18.2 Å². The maximum atomic E-state index is 13.4. The summed E-state index contributed by atoms with van der Waals surface area (Å²) in [7, 11) is 0. The number of rotatable bonds is 4. The van der Waals surface area contributed by atoms with Crippen molar-refractivity contribution in [2.24, 2.45) is 5.73 Å². The van der Waals surface area contributed by atoms with Crippen LogP contribution in [0.5, 0.6) is 5.75 Å². The van der Waals surface area contributed by atoms with Gasteiger partial charge < -0.3 is 16.2 Å². The van der Waals surface area contributed by atoms with Crippen molar-refractivity contribution in [3.05, 3.63) is 59.7 Å². The van der Waals surface area contributed by atoms with Gasteiger partial charge in [0.05, 0.1) is 0 Å². The lowest BCUT2D eigenvalue weighted by Crippen LogP contribution is -2.32. The van der Waals surface area contributed by atoms with Gasteiger partial charge in [-0.1, -0.05) is 6.07 Å². The minimum absolute atomic E-state index is 0.00223. The molecule has 0 fully saturated rings. The first kappa shape index (κ1) is 15.4. The van der Waals surface area contributed by atoms with Crippen LogP contribution >= 0.6 is 0 Å². The van der Waals surface area contributed by atoms with Crippen molar-refractivity contribution in [2.45, 2.75) is 5.92 Å². The average molecular weight is 306 g/mol. The molecular weight excluding hydrogens is 294 g/mol. The monoisotopic (exact) mass is 306 g/mol. The number of hydrogen-bond acceptors (Lipinski definition) is 3. The van der Waals surface area contributed by atoms with Gasteiger partial charge in [0.15, 0.2) is 11.6 Å². The molecule has 2 amide bonds. The Bertz CT molecular complexity index is 717. The van der Waals surface area contributed by atoms with E-state index in [2.05, 4.69) is 5.32 Å². The van der Waals surface area contributed by atoms with Crippen LogP contribution in [0, 0.1) is 11.6 Å². The maximum Gasteiger partial charge on any atom is 0.241 e. The van der Waals surface area contributed by atoms with Crippen LogP contribution in [0.1, 0.15) is 11.5 Å². The topological polar surface area (TPSA) is 92.4 Å². The van der Waals surface area contributed by atoms with Gasteiger partial charge in [0.1, 0.15) is 11.7 Å². The van der Waals surface area contributed by atoms with Gasteiger partial charge in [-0.3, -0.25) is 9.59 Å². The van der Waals surface area contributed by atoms with Crippen LogP contribution in [-0.2, 0) is 9.59 Å². The summed E-state index contributed by atoms with van der Waals surface area (Å²) in [6, 6.07) is 7.98. The Morgan fingerprint density at radius 3 is 2.27 bits per heavy atom. The van der Waals surface area contributed by atoms with Crippen LogP contribution in [0.15, 0.2) is 42.5 Å². The third-order valence-electron chi connectivity index (χ3n) is 2.96. The lowest BCUT2D eigenvalue weighted by atomic mass is 9.97. The molecule has 0 aromatic heterocycles. The van der Waals surface area contributed by atoms with Crippen LogP contribution in [-0.4, -0.2) is 16.9 Å². The summed E-state index contributed by atoms with van der Waals surface area (Å²) in [5.41, 5.74) is 5.45. The molecule has 4 N–H and O–H groups in total. The van der Waals surface area contributed by atoms with Crippen LogP contribution in [0.25, 0.3) is 0 Å². The van der Waals surface area contributed by atoms with Crippen molar-refractivity contribution in [2.75, 3.05) is 5.32 Å². The summed E-state index contributed by atoms with van der Waals surface area (Å²) >= 11 is 0. The number of benzene rings is 2. The molecule has 0 aliphatic heterocycles. The van der Waals surface area contributed by atoms with E-state index in [1.54, 1.807) is 0 Å². The molecule has 0 bridgehead atoms. The molecule has 114 valence electrons. The first-order valence-electron chi connectivity index (χ1n) is 6.22. The molecule has 5 nitrogen and oxygen atoms in total. The van der Waals surface area contributed by atoms with E-state index in [0.717, 1.165) is 24.3 Å². The SMILES string of the molecule is NC(=O)C(C(=O)Nc1ccc(F)cc1)c1ccc(O)c(F)c1. The number of carbonyl (C=O) groups is 2. The number of primary amides is 1. The second kappa shape index (κ2) is 6.21. The number of hydrogen-bond donors (Lipinski definition) is 3.